The van der Waals surface area contributed by atoms with Crippen LogP contribution in [0.4, 0.5) is 10.1 Å². The number of benzene rings is 1. The number of hydrogen-bond acceptors (Lipinski definition) is 4. The average molecular weight is 295 g/mol. The molecule has 1 atom stereocenters. The summed E-state index contributed by atoms with van der Waals surface area (Å²) in [6, 6.07) is 5.77. The van der Waals surface area contributed by atoms with Crippen LogP contribution < -0.4 is 10.2 Å². The summed E-state index contributed by atoms with van der Waals surface area (Å²) in [4.78, 5) is 4.49. The number of ether oxygens (including phenoxy) is 1. The van der Waals surface area contributed by atoms with Gasteiger partial charge in [0.25, 0.3) is 0 Å². The van der Waals surface area contributed by atoms with Gasteiger partial charge in [0, 0.05) is 45.9 Å². The lowest BCUT2D eigenvalue weighted by Crippen LogP contribution is -2.50. The van der Waals surface area contributed by atoms with Gasteiger partial charge in [-0.1, -0.05) is 12.1 Å². The molecule has 1 saturated heterocycles. The summed E-state index contributed by atoms with van der Waals surface area (Å²) in [5.41, 5.74) is 1.77. The molecule has 0 aliphatic carbocycles. The minimum Gasteiger partial charge on any atom is -0.383 e. The Morgan fingerprint density at radius 3 is 2.90 bits per heavy atom. The molecular weight excluding hydrogens is 269 g/mol. The molecule has 0 spiro atoms. The Bertz CT molecular complexity index is 455. The van der Waals surface area contributed by atoms with Gasteiger partial charge >= 0.3 is 0 Å². The number of nitrogens with zero attached hydrogens (tertiary/aromatic N) is 2. The highest BCUT2D eigenvalue weighted by atomic mass is 19.1. The maximum Gasteiger partial charge on any atom is 0.146 e. The zero-order chi connectivity index (χ0) is 15.2. The summed E-state index contributed by atoms with van der Waals surface area (Å²) in [6.45, 7) is 6.98. The van der Waals surface area contributed by atoms with Gasteiger partial charge in [-0.2, -0.15) is 0 Å². The predicted molar refractivity (Wildman–Crippen MR) is 84.3 cm³/mol. The molecule has 0 saturated carbocycles. The van der Waals surface area contributed by atoms with E-state index in [2.05, 4.69) is 29.1 Å². The van der Waals surface area contributed by atoms with Crippen molar-refractivity contribution in [2.45, 2.75) is 19.5 Å². The number of piperazine rings is 1. The number of nitrogens with one attached hydrogen (secondary N) is 1. The molecule has 0 aromatic heterocycles. The van der Waals surface area contributed by atoms with Crippen molar-refractivity contribution >= 4 is 5.69 Å². The van der Waals surface area contributed by atoms with Crippen molar-refractivity contribution in [1.82, 2.24) is 10.2 Å². The number of halogens is 1. The Balaban J connectivity index is 2.10. The normalized spacial score (nSPS) is 20.0. The van der Waals surface area contributed by atoms with Gasteiger partial charge in [-0.3, -0.25) is 0 Å². The van der Waals surface area contributed by atoms with Crippen LogP contribution in [0.2, 0.25) is 0 Å². The fraction of sp³-hybridized carbons (Fsp3) is 0.625. The van der Waals surface area contributed by atoms with Crippen molar-refractivity contribution in [2.75, 3.05) is 51.8 Å². The summed E-state index contributed by atoms with van der Waals surface area (Å²) in [7, 11) is 3.80. The quantitative estimate of drug-likeness (QED) is 0.809. The average Bonchev–Trinajstić information content (AvgIpc) is 2.47. The van der Waals surface area contributed by atoms with Crippen LogP contribution in [0, 0.1) is 5.82 Å². The molecule has 1 N–H and O–H groups in total. The first-order chi connectivity index (χ1) is 10.1. The Labute approximate surface area is 126 Å². The lowest BCUT2D eigenvalue weighted by molar-refractivity contribution is 0.199. The number of anilines is 1. The lowest BCUT2D eigenvalue weighted by Gasteiger charge is -2.39. The highest BCUT2D eigenvalue weighted by Gasteiger charge is 2.24. The minimum atomic E-state index is -0.127. The second-order valence-electron chi connectivity index (χ2n) is 5.69. The van der Waals surface area contributed by atoms with E-state index in [0.717, 1.165) is 37.4 Å². The first kappa shape index (κ1) is 16.2. The zero-order valence-corrected chi connectivity index (χ0v) is 13.2. The number of likely N-dealkylation sites (N-methyl/N-ethyl adjacent to an activating group) is 1. The minimum absolute atomic E-state index is 0.127. The van der Waals surface area contributed by atoms with E-state index in [-0.39, 0.29) is 5.82 Å². The maximum atomic E-state index is 14.3. The molecule has 4 nitrogen and oxygen atoms in total. The summed E-state index contributed by atoms with van der Waals surface area (Å²) < 4.78 is 19.3. The van der Waals surface area contributed by atoms with Gasteiger partial charge in [-0.15, -0.1) is 0 Å². The predicted octanol–water partition coefficient (Wildman–Crippen LogP) is 1.70. The lowest BCUT2D eigenvalue weighted by atomic mass is 10.1. The number of rotatable bonds is 6. The SMILES string of the molecule is COCCNCc1cccc(F)c1N1CCN(C)C(C)C1. The summed E-state index contributed by atoms with van der Waals surface area (Å²) in [5.74, 6) is -0.127. The van der Waals surface area contributed by atoms with E-state index in [1.54, 1.807) is 19.2 Å². The third-order valence-electron chi connectivity index (χ3n) is 4.14. The standard InChI is InChI=1S/C16H26FN3O/c1-13-12-20(9-8-19(13)2)16-14(5-4-6-15(16)17)11-18-7-10-21-3/h4-6,13,18H,7-12H2,1-3H3. The van der Waals surface area contributed by atoms with Crippen LogP contribution in [0.3, 0.4) is 0 Å². The summed E-state index contributed by atoms with van der Waals surface area (Å²) in [6.07, 6.45) is 0. The molecule has 1 aromatic rings. The van der Waals surface area contributed by atoms with Gasteiger partial charge in [-0.25, -0.2) is 4.39 Å². The Kier molecular flexibility index (Phi) is 5.96. The molecular formula is C16H26FN3O. The van der Waals surface area contributed by atoms with E-state index < -0.39 is 0 Å². The molecule has 1 fully saturated rings. The zero-order valence-electron chi connectivity index (χ0n) is 13.2. The second-order valence-corrected chi connectivity index (χ2v) is 5.69. The van der Waals surface area contributed by atoms with E-state index in [9.17, 15) is 4.39 Å². The highest BCUT2D eigenvalue weighted by Crippen LogP contribution is 2.26. The largest absolute Gasteiger partial charge is 0.383 e. The Morgan fingerprint density at radius 1 is 1.38 bits per heavy atom. The molecule has 0 radical (unpaired) electrons. The van der Waals surface area contributed by atoms with E-state index >= 15 is 0 Å². The monoisotopic (exact) mass is 295 g/mol. The molecule has 1 heterocycles. The van der Waals surface area contributed by atoms with Crippen LogP contribution in [0.5, 0.6) is 0 Å². The molecule has 0 amide bonds. The van der Waals surface area contributed by atoms with E-state index in [1.165, 1.54) is 0 Å². The molecule has 1 unspecified atom stereocenters. The first-order valence-corrected chi connectivity index (χ1v) is 7.55. The molecule has 118 valence electrons. The van der Waals surface area contributed by atoms with Crippen LogP contribution in [0.15, 0.2) is 18.2 Å². The fourth-order valence-corrected chi connectivity index (χ4v) is 2.71. The van der Waals surface area contributed by atoms with Crippen molar-refractivity contribution in [3.8, 4) is 0 Å². The van der Waals surface area contributed by atoms with Crippen LogP contribution in [-0.2, 0) is 11.3 Å². The Hall–Kier alpha value is -1.17. The smallest absolute Gasteiger partial charge is 0.146 e. The van der Waals surface area contributed by atoms with Gasteiger partial charge in [0.2, 0.25) is 0 Å². The third-order valence-corrected chi connectivity index (χ3v) is 4.14. The second kappa shape index (κ2) is 7.73. The van der Waals surface area contributed by atoms with Crippen molar-refractivity contribution in [3.63, 3.8) is 0 Å². The summed E-state index contributed by atoms with van der Waals surface area (Å²) >= 11 is 0. The van der Waals surface area contributed by atoms with Crippen molar-refractivity contribution in [1.29, 1.82) is 0 Å². The third kappa shape index (κ3) is 4.15. The van der Waals surface area contributed by atoms with E-state index in [1.807, 2.05) is 6.07 Å². The van der Waals surface area contributed by atoms with Gasteiger partial charge in [0.1, 0.15) is 5.82 Å². The molecule has 2 rings (SSSR count). The number of para-hydroxylation sites is 1. The molecule has 1 aliphatic rings. The number of methoxy groups -OCH3 is 1. The first-order valence-electron chi connectivity index (χ1n) is 7.55. The highest BCUT2D eigenvalue weighted by molar-refractivity contribution is 5.55. The van der Waals surface area contributed by atoms with Gasteiger partial charge in [0.05, 0.1) is 12.3 Å². The molecule has 1 aliphatic heterocycles. The Morgan fingerprint density at radius 2 is 2.19 bits per heavy atom. The van der Waals surface area contributed by atoms with Crippen LogP contribution >= 0.6 is 0 Å². The fourth-order valence-electron chi connectivity index (χ4n) is 2.71. The van der Waals surface area contributed by atoms with Crippen LogP contribution in [0.25, 0.3) is 0 Å². The van der Waals surface area contributed by atoms with E-state index in [4.69, 9.17) is 4.74 Å². The molecule has 21 heavy (non-hydrogen) atoms. The van der Waals surface area contributed by atoms with Crippen molar-refractivity contribution in [3.05, 3.63) is 29.6 Å². The molecule has 5 heteroatoms. The summed E-state index contributed by atoms with van der Waals surface area (Å²) in [5, 5.41) is 3.30. The van der Waals surface area contributed by atoms with Gasteiger partial charge < -0.3 is 19.9 Å². The number of hydrogen-bond donors (Lipinski definition) is 1. The molecule has 0 bridgehead atoms. The van der Waals surface area contributed by atoms with Crippen molar-refractivity contribution in [2.24, 2.45) is 0 Å². The van der Waals surface area contributed by atoms with Gasteiger partial charge in [0.15, 0.2) is 0 Å². The van der Waals surface area contributed by atoms with E-state index in [0.29, 0.717) is 19.2 Å². The van der Waals surface area contributed by atoms with Crippen LogP contribution in [-0.4, -0.2) is 57.9 Å². The van der Waals surface area contributed by atoms with Crippen molar-refractivity contribution < 1.29 is 9.13 Å². The topological polar surface area (TPSA) is 27.7 Å². The van der Waals surface area contributed by atoms with Gasteiger partial charge in [-0.05, 0) is 25.6 Å². The maximum absolute atomic E-state index is 14.3. The molecule has 1 aromatic carbocycles. The van der Waals surface area contributed by atoms with Crippen LogP contribution in [0.1, 0.15) is 12.5 Å².